The molecule has 0 bridgehead atoms. The second-order valence-electron chi connectivity index (χ2n) is 6.57. The number of benzene rings is 2. The Morgan fingerprint density at radius 1 is 1.03 bits per heavy atom. The Balaban J connectivity index is 1.84. The van der Waals surface area contributed by atoms with Crippen LogP contribution in [0.5, 0.6) is 11.5 Å². The third kappa shape index (κ3) is 3.53. The first-order valence-corrected chi connectivity index (χ1v) is 9.15. The average molecular weight is 398 g/mol. The molecular weight excluding hydrogens is 378 g/mol. The van der Waals surface area contributed by atoms with Crippen LogP contribution in [0.4, 0.5) is 14.7 Å². The van der Waals surface area contributed by atoms with Crippen LogP contribution >= 0.6 is 0 Å². The normalized spacial score (nSPS) is 15.3. The van der Waals surface area contributed by atoms with E-state index < -0.39 is 17.7 Å². The zero-order chi connectivity index (χ0) is 20.5. The summed E-state index contributed by atoms with van der Waals surface area (Å²) < 4.78 is 40.1. The fraction of sp³-hybridized carbons (Fsp3) is 0.238. The number of methoxy groups -OCH3 is 2. The van der Waals surface area contributed by atoms with Crippen molar-refractivity contribution in [2.45, 2.75) is 19.4 Å². The van der Waals surface area contributed by atoms with Gasteiger partial charge in [-0.15, -0.1) is 0 Å². The Labute approximate surface area is 166 Å². The molecule has 29 heavy (non-hydrogen) atoms. The van der Waals surface area contributed by atoms with E-state index in [2.05, 4.69) is 15.4 Å². The molecule has 0 saturated heterocycles. The van der Waals surface area contributed by atoms with Crippen molar-refractivity contribution in [1.82, 2.24) is 14.8 Å². The standard InChI is InChI=1S/C21H20F2N4O2/c1-4-20-25-21-24-16(12-5-6-18(28-2)19(9-12)29-3)11-17(27(21)26-20)13-7-14(22)10-15(23)8-13/h5-11,17H,4H2,1-3H3,(H,24,25,26). The Kier molecular flexibility index (Phi) is 4.92. The third-order valence-corrected chi connectivity index (χ3v) is 4.75. The van der Waals surface area contributed by atoms with Crippen molar-refractivity contribution in [3.8, 4) is 11.5 Å². The number of nitrogens with one attached hydrogen (secondary N) is 1. The predicted molar refractivity (Wildman–Crippen MR) is 105 cm³/mol. The molecule has 1 aliphatic rings. The van der Waals surface area contributed by atoms with Gasteiger partial charge in [0.2, 0.25) is 5.95 Å². The molecule has 1 atom stereocenters. The summed E-state index contributed by atoms with van der Waals surface area (Å²) in [5, 5.41) is 7.74. The molecule has 3 aromatic rings. The van der Waals surface area contributed by atoms with E-state index in [1.165, 1.54) is 12.1 Å². The van der Waals surface area contributed by atoms with Gasteiger partial charge in [-0.2, -0.15) is 10.1 Å². The van der Waals surface area contributed by atoms with Crippen LogP contribution in [0.2, 0.25) is 0 Å². The van der Waals surface area contributed by atoms with E-state index in [0.717, 1.165) is 17.3 Å². The van der Waals surface area contributed by atoms with E-state index >= 15 is 0 Å². The number of aromatic nitrogens is 3. The van der Waals surface area contributed by atoms with Gasteiger partial charge in [-0.25, -0.2) is 13.5 Å². The van der Waals surface area contributed by atoms with Gasteiger partial charge in [-0.05, 0) is 42.0 Å². The number of hydrogen-bond acceptors (Lipinski definition) is 5. The smallest absolute Gasteiger partial charge is 0.226 e. The molecule has 150 valence electrons. The molecule has 1 aromatic heterocycles. The van der Waals surface area contributed by atoms with Gasteiger partial charge in [0.05, 0.1) is 14.2 Å². The number of ether oxygens (including phenoxy) is 2. The van der Waals surface area contributed by atoms with Crippen LogP contribution in [-0.2, 0) is 6.42 Å². The first-order valence-electron chi connectivity index (χ1n) is 9.15. The first-order chi connectivity index (χ1) is 14.0. The van der Waals surface area contributed by atoms with Crippen LogP contribution in [0.1, 0.15) is 29.9 Å². The molecule has 1 aliphatic heterocycles. The molecular formula is C21H20F2N4O2. The number of rotatable bonds is 5. The Hall–Kier alpha value is -3.42. The van der Waals surface area contributed by atoms with E-state index in [9.17, 15) is 8.78 Å². The topological polar surface area (TPSA) is 61.2 Å². The molecule has 2 heterocycles. The Morgan fingerprint density at radius 2 is 1.76 bits per heavy atom. The lowest BCUT2D eigenvalue weighted by atomic mass is 10.0. The predicted octanol–water partition coefficient (Wildman–Crippen LogP) is 4.19. The lowest BCUT2D eigenvalue weighted by Crippen LogP contribution is -2.20. The largest absolute Gasteiger partial charge is 0.493 e. The minimum Gasteiger partial charge on any atom is -0.493 e. The summed E-state index contributed by atoms with van der Waals surface area (Å²) in [5.41, 5.74) is 1.98. The Bertz CT molecular complexity index is 1070. The van der Waals surface area contributed by atoms with Crippen molar-refractivity contribution in [3.05, 3.63) is 71.1 Å². The number of allylic oxidation sites excluding steroid dienone is 1. The average Bonchev–Trinajstić information content (AvgIpc) is 3.15. The fourth-order valence-corrected chi connectivity index (χ4v) is 3.34. The molecule has 1 unspecified atom stereocenters. The fourth-order valence-electron chi connectivity index (χ4n) is 3.34. The highest BCUT2D eigenvalue weighted by molar-refractivity contribution is 5.78. The van der Waals surface area contributed by atoms with Crippen LogP contribution in [-0.4, -0.2) is 29.0 Å². The molecule has 0 saturated carbocycles. The van der Waals surface area contributed by atoms with Gasteiger partial charge in [0.1, 0.15) is 17.7 Å². The summed E-state index contributed by atoms with van der Waals surface area (Å²) in [4.78, 5) is 4.50. The maximum atomic E-state index is 13.9. The van der Waals surface area contributed by atoms with E-state index in [4.69, 9.17) is 9.47 Å². The summed E-state index contributed by atoms with van der Waals surface area (Å²) in [6, 6.07) is 8.43. The second kappa shape index (κ2) is 7.54. The van der Waals surface area contributed by atoms with Crippen LogP contribution in [0.25, 0.3) is 5.70 Å². The van der Waals surface area contributed by atoms with Crippen molar-refractivity contribution in [1.29, 1.82) is 0 Å². The van der Waals surface area contributed by atoms with E-state index in [0.29, 0.717) is 35.3 Å². The highest BCUT2D eigenvalue weighted by Crippen LogP contribution is 2.36. The van der Waals surface area contributed by atoms with E-state index in [1.54, 1.807) is 25.0 Å². The zero-order valence-corrected chi connectivity index (χ0v) is 16.2. The minimum atomic E-state index is -0.642. The molecule has 6 nitrogen and oxygen atoms in total. The SMILES string of the molecule is CCc1nc2n(n1)C(c1cc(F)cc(F)c1)C=C(c1ccc(OC)c(OC)c1)N2. The van der Waals surface area contributed by atoms with Gasteiger partial charge in [-0.1, -0.05) is 6.92 Å². The summed E-state index contributed by atoms with van der Waals surface area (Å²) in [6.45, 7) is 1.95. The second-order valence-corrected chi connectivity index (χ2v) is 6.57. The lowest BCUT2D eigenvalue weighted by Gasteiger charge is -2.24. The first kappa shape index (κ1) is 18.9. The molecule has 1 N–H and O–H groups in total. The molecule has 0 fully saturated rings. The number of hydrogen-bond donors (Lipinski definition) is 1. The summed E-state index contributed by atoms with van der Waals surface area (Å²) in [6.07, 6.45) is 2.49. The van der Waals surface area contributed by atoms with E-state index in [1.807, 2.05) is 25.1 Å². The number of aryl methyl sites for hydroxylation is 1. The molecule has 0 aliphatic carbocycles. The molecule has 0 radical (unpaired) electrons. The van der Waals surface area contributed by atoms with Crippen molar-refractivity contribution >= 4 is 11.6 Å². The number of nitrogens with zero attached hydrogens (tertiary/aromatic N) is 3. The monoisotopic (exact) mass is 398 g/mol. The number of anilines is 1. The molecule has 2 aromatic carbocycles. The maximum Gasteiger partial charge on any atom is 0.226 e. The molecule has 4 rings (SSSR count). The van der Waals surface area contributed by atoms with Gasteiger partial charge >= 0.3 is 0 Å². The third-order valence-electron chi connectivity index (χ3n) is 4.75. The van der Waals surface area contributed by atoms with Gasteiger partial charge in [0, 0.05) is 23.7 Å². The van der Waals surface area contributed by atoms with Crippen molar-refractivity contribution in [2.24, 2.45) is 0 Å². The van der Waals surface area contributed by atoms with Crippen molar-refractivity contribution in [3.63, 3.8) is 0 Å². The van der Waals surface area contributed by atoms with Crippen LogP contribution in [0.3, 0.4) is 0 Å². The van der Waals surface area contributed by atoms with Crippen molar-refractivity contribution < 1.29 is 18.3 Å². The van der Waals surface area contributed by atoms with Crippen LogP contribution < -0.4 is 14.8 Å². The summed E-state index contributed by atoms with van der Waals surface area (Å²) in [7, 11) is 3.13. The maximum absolute atomic E-state index is 13.9. The van der Waals surface area contributed by atoms with Gasteiger partial charge in [0.25, 0.3) is 0 Å². The highest BCUT2D eigenvalue weighted by atomic mass is 19.1. The van der Waals surface area contributed by atoms with Crippen LogP contribution in [0.15, 0.2) is 42.5 Å². The Morgan fingerprint density at radius 3 is 2.41 bits per heavy atom. The molecule has 0 spiro atoms. The van der Waals surface area contributed by atoms with Gasteiger partial charge in [0.15, 0.2) is 17.3 Å². The number of halogens is 2. The van der Waals surface area contributed by atoms with E-state index in [-0.39, 0.29) is 0 Å². The zero-order valence-electron chi connectivity index (χ0n) is 16.2. The molecule has 0 amide bonds. The number of fused-ring (bicyclic) bond motifs is 1. The minimum absolute atomic E-state index is 0.441. The quantitative estimate of drug-likeness (QED) is 0.698. The molecule has 8 heteroatoms. The van der Waals surface area contributed by atoms with Crippen molar-refractivity contribution in [2.75, 3.05) is 19.5 Å². The summed E-state index contributed by atoms with van der Waals surface area (Å²) in [5.74, 6) is 1.03. The van der Waals surface area contributed by atoms with Gasteiger partial charge < -0.3 is 14.8 Å². The van der Waals surface area contributed by atoms with Crippen LogP contribution in [0, 0.1) is 11.6 Å². The summed E-state index contributed by atoms with van der Waals surface area (Å²) >= 11 is 0. The van der Waals surface area contributed by atoms with Gasteiger partial charge in [-0.3, -0.25) is 0 Å². The highest BCUT2D eigenvalue weighted by Gasteiger charge is 2.26. The lowest BCUT2D eigenvalue weighted by molar-refractivity contribution is 0.355.